The van der Waals surface area contributed by atoms with Crippen molar-refractivity contribution in [2.24, 2.45) is 0 Å². The number of aromatic nitrogens is 1. The van der Waals surface area contributed by atoms with E-state index in [1.54, 1.807) is 12.3 Å². The summed E-state index contributed by atoms with van der Waals surface area (Å²) in [7, 11) is 4.30. The molecule has 2 aromatic rings. The van der Waals surface area contributed by atoms with Crippen molar-refractivity contribution >= 4 is 0 Å². The van der Waals surface area contributed by atoms with Crippen LogP contribution in [0.15, 0.2) is 54.7 Å². The number of hydrogen-bond acceptors (Lipinski definition) is 3. The topological polar surface area (TPSA) is 42.4 Å². The van der Waals surface area contributed by atoms with E-state index in [1.165, 1.54) is 5.56 Å². The van der Waals surface area contributed by atoms with E-state index < -0.39 is 6.10 Å². The molecular formula is C19H27N2O2+. The number of likely N-dealkylation sites (N-methyl/N-ethyl adjacent to an activating group) is 1. The third-order valence-corrected chi connectivity index (χ3v) is 3.84. The first-order valence-corrected chi connectivity index (χ1v) is 8.13. The highest BCUT2D eigenvalue weighted by Gasteiger charge is 2.20. The van der Waals surface area contributed by atoms with Gasteiger partial charge in [0.1, 0.15) is 19.3 Å². The maximum atomic E-state index is 10.2. The maximum Gasteiger partial charge on any atom is 0.213 e. The lowest BCUT2D eigenvalue weighted by atomic mass is 10.1. The quantitative estimate of drug-likeness (QED) is 0.723. The summed E-state index contributed by atoms with van der Waals surface area (Å²) < 4.78 is 6.29. The number of pyridine rings is 1. The molecule has 4 heteroatoms. The largest absolute Gasteiger partial charge is 0.475 e. The predicted molar refractivity (Wildman–Crippen MR) is 92.3 cm³/mol. The molecule has 0 radical (unpaired) electrons. The van der Waals surface area contributed by atoms with Crippen molar-refractivity contribution in [1.29, 1.82) is 0 Å². The molecule has 1 aromatic heterocycles. The van der Waals surface area contributed by atoms with Crippen molar-refractivity contribution in [1.82, 2.24) is 4.98 Å². The first kappa shape index (κ1) is 17.4. The van der Waals surface area contributed by atoms with Gasteiger partial charge in [-0.05, 0) is 18.1 Å². The summed E-state index contributed by atoms with van der Waals surface area (Å²) in [5.74, 6) is 0.556. The van der Waals surface area contributed by atoms with Gasteiger partial charge in [-0.2, -0.15) is 0 Å². The van der Waals surface area contributed by atoms with Crippen LogP contribution in [-0.4, -0.2) is 54.5 Å². The van der Waals surface area contributed by atoms with Gasteiger partial charge in [-0.3, -0.25) is 0 Å². The Hall–Kier alpha value is -1.91. The van der Waals surface area contributed by atoms with E-state index in [-0.39, 0.29) is 6.61 Å². The van der Waals surface area contributed by atoms with Gasteiger partial charge in [0.2, 0.25) is 5.88 Å². The van der Waals surface area contributed by atoms with Crippen LogP contribution < -0.4 is 4.74 Å². The maximum absolute atomic E-state index is 10.2. The molecule has 1 aromatic carbocycles. The van der Waals surface area contributed by atoms with Gasteiger partial charge in [0.15, 0.2) is 0 Å². The van der Waals surface area contributed by atoms with Crippen molar-refractivity contribution in [3.63, 3.8) is 0 Å². The van der Waals surface area contributed by atoms with Crippen LogP contribution in [0.3, 0.4) is 0 Å². The van der Waals surface area contributed by atoms with Crippen LogP contribution in [0.2, 0.25) is 0 Å². The molecule has 0 amide bonds. The van der Waals surface area contributed by atoms with Gasteiger partial charge in [0.25, 0.3) is 0 Å². The monoisotopic (exact) mass is 315 g/mol. The lowest BCUT2D eigenvalue weighted by Gasteiger charge is -2.31. The van der Waals surface area contributed by atoms with Crippen molar-refractivity contribution < 1.29 is 14.3 Å². The fourth-order valence-electron chi connectivity index (χ4n) is 2.68. The number of aryl methyl sites for hydroxylation is 1. The van der Waals surface area contributed by atoms with Gasteiger partial charge in [-0.25, -0.2) is 4.98 Å². The Bertz CT molecular complexity index is 558. The average molecular weight is 315 g/mol. The molecule has 0 fully saturated rings. The summed E-state index contributed by atoms with van der Waals surface area (Å²) in [4.78, 5) is 4.09. The number of hydrogen-bond donors (Lipinski definition) is 1. The van der Waals surface area contributed by atoms with Crippen LogP contribution in [0.4, 0.5) is 0 Å². The minimum atomic E-state index is -0.497. The molecule has 1 atom stereocenters. The zero-order valence-electron chi connectivity index (χ0n) is 14.1. The predicted octanol–water partition coefficient (Wildman–Crippen LogP) is 2.53. The minimum Gasteiger partial charge on any atom is -0.475 e. The number of ether oxygens (including phenoxy) is 1. The second-order valence-corrected chi connectivity index (χ2v) is 6.56. The van der Waals surface area contributed by atoms with Crippen molar-refractivity contribution in [3.05, 3.63) is 60.3 Å². The fourth-order valence-corrected chi connectivity index (χ4v) is 2.68. The smallest absolute Gasteiger partial charge is 0.213 e. The molecule has 1 unspecified atom stereocenters. The number of rotatable bonds is 9. The molecule has 0 spiro atoms. The molecule has 23 heavy (non-hydrogen) atoms. The first-order chi connectivity index (χ1) is 11.1. The summed E-state index contributed by atoms with van der Waals surface area (Å²) >= 11 is 0. The van der Waals surface area contributed by atoms with Gasteiger partial charge in [-0.15, -0.1) is 0 Å². The van der Waals surface area contributed by atoms with Gasteiger partial charge in [-0.1, -0.05) is 36.4 Å². The number of aliphatic hydroxyl groups excluding tert-OH is 1. The van der Waals surface area contributed by atoms with E-state index in [2.05, 4.69) is 43.3 Å². The standard InChI is InChI=1S/C19H27N2O2/c1-21(2,14-8-11-17-9-4-3-5-10-17)15-18(22)16-23-19-12-6-7-13-20-19/h3-7,9-10,12-13,18,22H,8,11,14-16H2,1-2H3/q+1. The van der Waals surface area contributed by atoms with Crippen LogP contribution in [-0.2, 0) is 6.42 Å². The van der Waals surface area contributed by atoms with Crippen LogP contribution >= 0.6 is 0 Å². The zero-order chi connectivity index (χ0) is 16.5. The minimum absolute atomic E-state index is 0.275. The molecule has 0 aliphatic carbocycles. The third-order valence-electron chi connectivity index (χ3n) is 3.84. The molecule has 4 nitrogen and oxygen atoms in total. The zero-order valence-corrected chi connectivity index (χ0v) is 14.1. The molecule has 0 aliphatic rings. The van der Waals surface area contributed by atoms with E-state index in [4.69, 9.17) is 4.74 Å². The van der Waals surface area contributed by atoms with Gasteiger partial charge < -0.3 is 14.3 Å². The molecule has 0 saturated heterocycles. The molecule has 124 valence electrons. The van der Waals surface area contributed by atoms with Crippen LogP contribution in [0, 0.1) is 0 Å². The lowest BCUT2D eigenvalue weighted by molar-refractivity contribution is -0.893. The Labute approximate surface area is 139 Å². The summed E-state index contributed by atoms with van der Waals surface area (Å²) in [6.07, 6.45) is 3.36. The molecule has 1 heterocycles. The summed E-state index contributed by atoms with van der Waals surface area (Å²) in [6.45, 7) is 1.97. The normalized spacial score (nSPS) is 12.8. The van der Waals surface area contributed by atoms with Crippen LogP contribution in [0.25, 0.3) is 0 Å². The van der Waals surface area contributed by atoms with Gasteiger partial charge in [0.05, 0.1) is 20.6 Å². The molecule has 0 aliphatic heterocycles. The Morgan fingerprint density at radius 3 is 2.52 bits per heavy atom. The van der Waals surface area contributed by atoms with E-state index in [9.17, 15) is 5.11 Å². The Kier molecular flexibility index (Phi) is 6.56. The summed E-state index contributed by atoms with van der Waals surface area (Å²) in [5, 5.41) is 10.2. The summed E-state index contributed by atoms with van der Waals surface area (Å²) in [5.41, 5.74) is 1.37. The third kappa shape index (κ3) is 6.80. The number of nitrogens with zero attached hydrogens (tertiary/aromatic N) is 2. The highest BCUT2D eigenvalue weighted by atomic mass is 16.5. The highest BCUT2D eigenvalue weighted by Crippen LogP contribution is 2.09. The van der Waals surface area contributed by atoms with Crippen LogP contribution in [0.5, 0.6) is 5.88 Å². The van der Waals surface area contributed by atoms with E-state index in [0.717, 1.165) is 23.9 Å². The van der Waals surface area contributed by atoms with E-state index in [0.29, 0.717) is 12.4 Å². The number of benzene rings is 1. The molecular weight excluding hydrogens is 288 g/mol. The van der Waals surface area contributed by atoms with Crippen molar-refractivity contribution in [2.45, 2.75) is 18.9 Å². The van der Waals surface area contributed by atoms with Gasteiger partial charge in [0, 0.05) is 18.7 Å². The molecule has 0 saturated carbocycles. The highest BCUT2D eigenvalue weighted by molar-refractivity contribution is 5.14. The van der Waals surface area contributed by atoms with Crippen molar-refractivity contribution in [2.75, 3.05) is 33.8 Å². The Morgan fingerprint density at radius 2 is 1.83 bits per heavy atom. The molecule has 1 N–H and O–H groups in total. The Balaban J connectivity index is 1.69. The SMILES string of the molecule is C[N+](C)(CCCc1ccccc1)CC(O)COc1ccccn1. The average Bonchev–Trinajstić information content (AvgIpc) is 2.54. The second kappa shape index (κ2) is 8.65. The number of aliphatic hydroxyl groups is 1. The number of quaternary nitrogens is 1. The first-order valence-electron chi connectivity index (χ1n) is 8.13. The van der Waals surface area contributed by atoms with Crippen molar-refractivity contribution in [3.8, 4) is 5.88 Å². The van der Waals surface area contributed by atoms with Gasteiger partial charge >= 0.3 is 0 Å². The second-order valence-electron chi connectivity index (χ2n) is 6.56. The lowest BCUT2D eigenvalue weighted by Crippen LogP contribution is -2.47. The molecule has 0 bridgehead atoms. The Morgan fingerprint density at radius 1 is 1.09 bits per heavy atom. The van der Waals surface area contributed by atoms with E-state index in [1.807, 2.05) is 18.2 Å². The molecule has 2 rings (SSSR count). The van der Waals surface area contributed by atoms with E-state index >= 15 is 0 Å². The van der Waals surface area contributed by atoms with Crippen LogP contribution in [0.1, 0.15) is 12.0 Å². The fraction of sp³-hybridized carbons (Fsp3) is 0.421. The summed E-state index contributed by atoms with van der Waals surface area (Å²) in [6, 6.07) is 16.0.